The van der Waals surface area contributed by atoms with Gasteiger partial charge in [0, 0.05) is 17.4 Å². The maximum atomic E-state index is 12.3. The summed E-state index contributed by atoms with van der Waals surface area (Å²) in [7, 11) is 0. The van der Waals surface area contributed by atoms with E-state index in [1.807, 2.05) is 18.2 Å². The van der Waals surface area contributed by atoms with Crippen molar-refractivity contribution in [3.05, 3.63) is 54.1 Å². The van der Waals surface area contributed by atoms with Crippen molar-refractivity contribution in [2.45, 2.75) is 26.0 Å². The second kappa shape index (κ2) is 6.86. The molecule has 2 aromatic carbocycles. The van der Waals surface area contributed by atoms with Gasteiger partial charge in [0.05, 0.1) is 6.54 Å². The zero-order chi connectivity index (χ0) is 17.1. The highest BCUT2D eigenvalue weighted by atomic mass is 19.3. The zero-order valence-electron chi connectivity index (χ0n) is 13.2. The molecule has 4 nitrogen and oxygen atoms in total. The Bertz CT molecular complexity index is 719. The third-order valence-electron chi connectivity index (χ3n) is 4.03. The van der Waals surface area contributed by atoms with Gasteiger partial charge in [-0.3, -0.25) is 4.79 Å². The van der Waals surface area contributed by atoms with Crippen LogP contribution in [0.4, 0.5) is 20.2 Å². The molecule has 0 bridgehead atoms. The number of benzene rings is 2. The lowest BCUT2D eigenvalue weighted by Crippen LogP contribution is -2.37. The Morgan fingerprint density at radius 3 is 2.67 bits per heavy atom. The Balaban J connectivity index is 1.62. The highest BCUT2D eigenvalue weighted by molar-refractivity contribution is 5.94. The van der Waals surface area contributed by atoms with Gasteiger partial charge in [-0.1, -0.05) is 18.2 Å². The van der Waals surface area contributed by atoms with Gasteiger partial charge in [-0.2, -0.15) is 8.78 Å². The second-order valence-electron chi connectivity index (χ2n) is 5.76. The Labute approximate surface area is 139 Å². The van der Waals surface area contributed by atoms with E-state index < -0.39 is 6.61 Å². The van der Waals surface area contributed by atoms with Crippen molar-refractivity contribution in [3.8, 4) is 5.75 Å². The van der Waals surface area contributed by atoms with Crippen LogP contribution in [0.5, 0.6) is 5.75 Å². The quantitative estimate of drug-likeness (QED) is 0.908. The molecule has 3 rings (SSSR count). The van der Waals surface area contributed by atoms with E-state index in [2.05, 4.69) is 27.9 Å². The fourth-order valence-electron chi connectivity index (χ4n) is 2.95. The molecule has 0 aliphatic carbocycles. The number of carbonyl (C=O) groups is 1. The first-order valence-corrected chi connectivity index (χ1v) is 7.72. The monoisotopic (exact) mass is 332 g/mol. The molecule has 6 heteroatoms. The number of nitrogens with zero attached hydrogens (tertiary/aromatic N) is 1. The molecule has 0 unspecified atom stereocenters. The van der Waals surface area contributed by atoms with E-state index in [1.165, 1.54) is 29.8 Å². The number of nitrogens with one attached hydrogen (secondary N) is 1. The smallest absolute Gasteiger partial charge is 0.387 e. The van der Waals surface area contributed by atoms with E-state index in [0.717, 1.165) is 12.1 Å². The molecule has 1 aliphatic rings. The molecule has 0 saturated heterocycles. The van der Waals surface area contributed by atoms with E-state index in [4.69, 9.17) is 0 Å². The molecule has 0 spiro atoms. The third kappa shape index (κ3) is 3.64. The molecule has 1 atom stereocenters. The summed E-state index contributed by atoms with van der Waals surface area (Å²) in [5.41, 5.74) is 2.87. The second-order valence-corrected chi connectivity index (χ2v) is 5.76. The van der Waals surface area contributed by atoms with Gasteiger partial charge in [0.2, 0.25) is 5.91 Å². The summed E-state index contributed by atoms with van der Waals surface area (Å²) in [6, 6.07) is 14.2. The van der Waals surface area contributed by atoms with E-state index in [0.29, 0.717) is 5.69 Å². The number of rotatable bonds is 5. The van der Waals surface area contributed by atoms with Gasteiger partial charge >= 0.3 is 6.61 Å². The minimum atomic E-state index is -2.86. The van der Waals surface area contributed by atoms with Crippen LogP contribution in [-0.4, -0.2) is 25.1 Å². The summed E-state index contributed by atoms with van der Waals surface area (Å²) in [5, 5.41) is 2.78. The number of ether oxygens (including phenoxy) is 1. The molecular formula is C18H18F2N2O2. The van der Waals surface area contributed by atoms with Gasteiger partial charge in [-0.25, -0.2) is 0 Å². The normalized spacial score (nSPS) is 16.2. The molecule has 1 aliphatic heterocycles. The largest absolute Gasteiger partial charge is 0.435 e. The first kappa shape index (κ1) is 16.2. The number of fused-ring (bicyclic) bond motifs is 1. The Morgan fingerprint density at radius 2 is 1.96 bits per heavy atom. The van der Waals surface area contributed by atoms with E-state index in [9.17, 15) is 13.6 Å². The number of amides is 1. The van der Waals surface area contributed by atoms with Crippen molar-refractivity contribution >= 4 is 17.3 Å². The maximum absolute atomic E-state index is 12.3. The lowest BCUT2D eigenvalue weighted by molar-refractivity contribution is -0.115. The van der Waals surface area contributed by atoms with E-state index >= 15 is 0 Å². The SMILES string of the molecule is C[C@H]1Cc2ccccc2N1CC(=O)Nc1ccc(OC(F)F)cc1. The topological polar surface area (TPSA) is 41.6 Å². The average Bonchev–Trinajstić information content (AvgIpc) is 2.85. The van der Waals surface area contributed by atoms with Gasteiger partial charge in [0.25, 0.3) is 0 Å². The summed E-state index contributed by atoms with van der Waals surface area (Å²) in [4.78, 5) is 14.4. The van der Waals surface area contributed by atoms with Crippen molar-refractivity contribution in [1.29, 1.82) is 0 Å². The number of halogens is 2. The van der Waals surface area contributed by atoms with Crippen LogP contribution in [0.3, 0.4) is 0 Å². The van der Waals surface area contributed by atoms with Crippen LogP contribution < -0.4 is 15.0 Å². The van der Waals surface area contributed by atoms with E-state index in [-0.39, 0.29) is 24.2 Å². The zero-order valence-corrected chi connectivity index (χ0v) is 13.2. The highest BCUT2D eigenvalue weighted by Gasteiger charge is 2.26. The highest BCUT2D eigenvalue weighted by Crippen LogP contribution is 2.31. The van der Waals surface area contributed by atoms with Crippen molar-refractivity contribution in [1.82, 2.24) is 0 Å². The lowest BCUT2D eigenvalue weighted by atomic mass is 10.1. The van der Waals surface area contributed by atoms with Crippen LogP contribution in [-0.2, 0) is 11.2 Å². The molecule has 24 heavy (non-hydrogen) atoms. The molecule has 126 valence electrons. The average molecular weight is 332 g/mol. The standard InChI is InChI=1S/C18H18F2N2O2/c1-12-10-13-4-2-3-5-16(13)22(12)11-17(23)21-14-6-8-15(9-7-14)24-18(19)20/h2-9,12,18H,10-11H2,1H3,(H,21,23)/t12-/m0/s1. The van der Waals surface area contributed by atoms with Gasteiger partial charge < -0.3 is 15.0 Å². The Morgan fingerprint density at radius 1 is 1.25 bits per heavy atom. The lowest BCUT2D eigenvalue weighted by Gasteiger charge is -2.24. The van der Waals surface area contributed by atoms with Gasteiger partial charge in [0.15, 0.2) is 0 Å². The number of hydrogen-bond acceptors (Lipinski definition) is 3. The molecule has 0 radical (unpaired) electrons. The van der Waals surface area contributed by atoms with Crippen molar-refractivity contribution in [2.75, 3.05) is 16.8 Å². The fourth-order valence-corrected chi connectivity index (χ4v) is 2.95. The van der Waals surface area contributed by atoms with Gasteiger partial charge in [-0.15, -0.1) is 0 Å². The summed E-state index contributed by atoms with van der Waals surface area (Å²) >= 11 is 0. The van der Waals surface area contributed by atoms with Crippen LogP contribution in [0.2, 0.25) is 0 Å². The van der Waals surface area contributed by atoms with Crippen LogP contribution in [0, 0.1) is 0 Å². The third-order valence-corrected chi connectivity index (χ3v) is 4.03. The van der Waals surface area contributed by atoms with Gasteiger partial charge in [0.1, 0.15) is 5.75 Å². The molecule has 0 aromatic heterocycles. The number of alkyl halides is 2. The van der Waals surface area contributed by atoms with Crippen LogP contribution >= 0.6 is 0 Å². The summed E-state index contributed by atoms with van der Waals surface area (Å²) in [5.74, 6) is -0.0915. The van der Waals surface area contributed by atoms with Crippen molar-refractivity contribution < 1.29 is 18.3 Å². The fraction of sp³-hybridized carbons (Fsp3) is 0.278. The number of para-hydroxylation sites is 1. The van der Waals surface area contributed by atoms with Crippen LogP contribution in [0.25, 0.3) is 0 Å². The number of anilines is 2. The molecule has 1 heterocycles. The Kier molecular flexibility index (Phi) is 4.64. The minimum absolute atomic E-state index is 0.0603. The molecular weight excluding hydrogens is 314 g/mol. The predicted molar refractivity (Wildman–Crippen MR) is 88.7 cm³/mol. The molecule has 0 fully saturated rings. The molecule has 0 saturated carbocycles. The number of carbonyl (C=O) groups excluding carboxylic acids is 1. The molecule has 2 aromatic rings. The summed E-state index contributed by atoms with van der Waals surface area (Å²) < 4.78 is 28.5. The summed E-state index contributed by atoms with van der Waals surface area (Å²) in [6.45, 7) is -0.529. The van der Waals surface area contributed by atoms with E-state index in [1.54, 1.807) is 0 Å². The first-order valence-electron chi connectivity index (χ1n) is 7.72. The molecule has 1 N–H and O–H groups in total. The Hall–Kier alpha value is -2.63. The van der Waals surface area contributed by atoms with Crippen LogP contribution in [0.1, 0.15) is 12.5 Å². The minimum Gasteiger partial charge on any atom is -0.435 e. The number of hydrogen-bond donors (Lipinski definition) is 1. The summed E-state index contributed by atoms with van der Waals surface area (Å²) in [6.07, 6.45) is 0.920. The molecule has 1 amide bonds. The van der Waals surface area contributed by atoms with Crippen molar-refractivity contribution in [3.63, 3.8) is 0 Å². The van der Waals surface area contributed by atoms with Crippen LogP contribution in [0.15, 0.2) is 48.5 Å². The maximum Gasteiger partial charge on any atom is 0.387 e. The van der Waals surface area contributed by atoms with Gasteiger partial charge in [-0.05, 0) is 49.2 Å². The van der Waals surface area contributed by atoms with Crippen molar-refractivity contribution in [2.24, 2.45) is 0 Å². The first-order chi connectivity index (χ1) is 11.5. The predicted octanol–water partition coefficient (Wildman–Crippen LogP) is 3.68.